The maximum atomic E-state index is 13.1. The number of alkyl halides is 7. The highest BCUT2D eigenvalue weighted by atomic mass is 19.4. The Hall–Kier alpha value is -0.490. The van der Waals surface area contributed by atoms with Gasteiger partial charge in [-0.25, -0.2) is 4.39 Å². The fourth-order valence-electron chi connectivity index (χ4n) is 1.59. The Morgan fingerprint density at radius 3 is 1.39 bits per heavy atom. The molecule has 0 N–H and O–H groups in total. The second-order valence-electron chi connectivity index (χ2n) is 4.31. The molecule has 0 fully saturated rings. The van der Waals surface area contributed by atoms with Crippen LogP contribution in [0.3, 0.4) is 0 Å². The summed E-state index contributed by atoms with van der Waals surface area (Å²) in [4.78, 5) is 0. The van der Waals surface area contributed by atoms with Crippen LogP contribution >= 0.6 is 0 Å². The smallest absolute Gasteiger partial charge is 0.224 e. The van der Waals surface area contributed by atoms with Gasteiger partial charge in [0, 0.05) is 0 Å². The SMILES string of the molecule is CCCCCCCCC(F)(C(F)(F)F)C(F)(F)F. The van der Waals surface area contributed by atoms with E-state index in [0.717, 1.165) is 19.3 Å². The van der Waals surface area contributed by atoms with Crippen molar-refractivity contribution in [3.05, 3.63) is 0 Å². The van der Waals surface area contributed by atoms with Gasteiger partial charge in [-0.05, 0) is 12.8 Å². The Balaban J connectivity index is 4.30. The molecule has 0 rings (SSSR count). The van der Waals surface area contributed by atoms with E-state index in [1.807, 2.05) is 6.92 Å². The van der Waals surface area contributed by atoms with Crippen molar-refractivity contribution in [2.75, 3.05) is 0 Å². The number of hydrogen-bond acceptors (Lipinski definition) is 0. The minimum absolute atomic E-state index is 0.178. The van der Waals surface area contributed by atoms with Crippen molar-refractivity contribution in [2.45, 2.75) is 69.9 Å². The van der Waals surface area contributed by atoms with E-state index in [-0.39, 0.29) is 6.42 Å². The lowest BCUT2D eigenvalue weighted by Gasteiger charge is -2.29. The largest absolute Gasteiger partial charge is 0.431 e. The van der Waals surface area contributed by atoms with Crippen LogP contribution in [0.1, 0.15) is 51.9 Å². The molecule has 0 aliphatic rings. The first-order chi connectivity index (χ1) is 8.06. The fourth-order valence-corrected chi connectivity index (χ4v) is 1.59. The van der Waals surface area contributed by atoms with Crippen molar-refractivity contribution in [2.24, 2.45) is 0 Å². The molecule has 0 aromatic rings. The molecule has 0 aromatic heterocycles. The van der Waals surface area contributed by atoms with Gasteiger partial charge in [0.15, 0.2) is 0 Å². The minimum Gasteiger partial charge on any atom is -0.224 e. The van der Waals surface area contributed by atoms with E-state index >= 15 is 0 Å². The summed E-state index contributed by atoms with van der Waals surface area (Å²) < 4.78 is 85.9. The van der Waals surface area contributed by atoms with Gasteiger partial charge in [0.1, 0.15) is 0 Å². The number of hydrogen-bond donors (Lipinski definition) is 0. The highest BCUT2D eigenvalue weighted by Gasteiger charge is 2.71. The highest BCUT2D eigenvalue weighted by molar-refractivity contribution is 4.94. The standard InChI is InChI=1S/C11H17F7/c1-2-3-4-5-6-7-8-9(12,10(13,14)15)11(16,17)18/h2-8H2,1H3. The Morgan fingerprint density at radius 2 is 1.00 bits per heavy atom. The molecule has 0 nitrogen and oxygen atoms in total. The molecule has 7 heteroatoms. The minimum atomic E-state index is -5.91. The highest BCUT2D eigenvalue weighted by Crippen LogP contribution is 2.49. The monoisotopic (exact) mass is 282 g/mol. The van der Waals surface area contributed by atoms with Crippen molar-refractivity contribution in [1.82, 2.24) is 0 Å². The number of rotatable bonds is 7. The average Bonchev–Trinajstić information content (AvgIpc) is 2.19. The Kier molecular flexibility index (Phi) is 6.43. The summed E-state index contributed by atoms with van der Waals surface area (Å²) >= 11 is 0. The Bertz CT molecular complexity index is 215. The predicted octanol–water partition coefficient (Wildman–Crippen LogP) is 5.57. The van der Waals surface area contributed by atoms with E-state index in [9.17, 15) is 30.7 Å². The van der Waals surface area contributed by atoms with Crippen LogP contribution in [0.5, 0.6) is 0 Å². The van der Waals surface area contributed by atoms with E-state index in [0.29, 0.717) is 6.42 Å². The van der Waals surface area contributed by atoms with Crippen LogP contribution in [-0.4, -0.2) is 18.0 Å². The molecule has 0 saturated carbocycles. The van der Waals surface area contributed by atoms with Crippen molar-refractivity contribution < 1.29 is 30.7 Å². The number of unbranched alkanes of at least 4 members (excludes halogenated alkanes) is 5. The lowest BCUT2D eigenvalue weighted by atomic mass is 9.96. The van der Waals surface area contributed by atoms with Gasteiger partial charge in [0.25, 0.3) is 5.67 Å². The third-order valence-corrected chi connectivity index (χ3v) is 2.77. The van der Waals surface area contributed by atoms with E-state index in [4.69, 9.17) is 0 Å². The zero-order valence-electron chi connectivity index (χ0n) is 10.1. The molecule has 0 atom stereocenters. The number of halogens is 7. The van der Waals surface area contributed by atoms with Gasteiger partial charge in [-0.1, -0.05) is 39.0 Å². The topological polar surface area (TPSA) is 0 Å². The van der Waals surface area contributed by atoms with E-state index in [2.05, 4.69) is 0 Å². The van der Waals surface area contributed by atoms with Crippen LogP contribution < -0.4 is 0 Å². The molecule has 0 aliphatic heterocycles. The molecule has 0 aromatic carbocycles. The van der Waals surface area contributed by atoms with Gasteiger partial charge in [-0.3, -0.25) is 0 Å². The summed E-state index contributed by atoms with van der Waals surface area (Å²) in [5.74, 6) is 0. The van der Waals surface area contributed by atoms with Crippen molar-refractivity contribution in [1.29, 1.82) is 0 Å². The third kappa shape index (κ3) is 4.65. The molecule has 0 amide bonds. The summed E-state index contributed by atoms with van der Waals surface area (Å²) in [6, 6.07) is 0. The first-order valence-corrected chi connectivity index (χ1v) is 5.88. The van der Waals surface area contributed by atoms with Gasteiger partial charge in [0.05, 0.1) is 0 Å². The molecule has 0 bridgehead atoms. The summed E-state index contributed by atoms with van der Waals surface area (Å²) in [5, 5.41) is 0. The van der Waals surface area contributed by atoms with E-state index in [1.165, 1.54) is 0 Å². The van der Waals surface area contributed by atoms with Crippen molar-refractivity contribution >= 4 is 0 Å². The molecule has 18 heavy (non-hydrogen) atoms. The lowest BCUT2D eigenvalue weighted by molar-refractivity contribution is -0.343. The van der Waals surface area contributed by atoms with Crippen molar-refractivity contribution in [3.8, 4) is 0 Å². The van der Waals surface area contributed by atoms with Crippen LogP contribution in [0.15, 0.2) is 0 Å². The Morgan fingerprint density at radius 1 is 0.611 bits per heavy atom. The molecular formula is C11H17F7. The molecule has 0 aliphatic carbocycles. The van der Waals surface area contributed by atoms with Crippen molar-refractivity contribution in [3.63, 3.8) is 0 Å². The summed E-state index contributed by atoms with van der Waals surface area (Å²) in [7, 11) is 0. The second-order valence-corrected chi connectivity index (χ2v) is 4.31. The lowest BCUT2D eigenvalue weighted by Crippen LogP contribution is -2.53. The van der Waals surface area contributed by atoms with E-state index < -0.39 is 30.9 Å². The quantitative estimate of drug-likeness (QED) is 0.423. The zero-order chi connectivity index (χ0) is 14.4. The van der Waals surface area contributed by atoms with Crippen LogP contribution in [0.25, 0.3) is 0 Å². The molecular weight excluding hydrogens is 265 g/mol. The van der Waals surface area contributed by atoms with Crippen LogP contribution in [0.4, 0.5) is 30.7 Å². The van der Waals surface area contributed by atoms with Gasteiger partial charge in [0.2, 0.25) is 0 Å². The van der Waals surface area contributed by atoms with Crippen LogP contribution in [-0.2, 0) is 0 Å². The fraction of sp³-hybridized carbons (Fsp3) is 1.00. The van der Waals surface area contributed by atoms with Gasteiger partial charge in [-0.2, -0.15) is 26.3 Å². The summed E-state index contributed by atoms with van der Waals surface area (Å²) in [6.45, 7) is 1.93. The third-order valence-electron chi connectivity index (χ3n) is 2.77. The van der Waals surface area contributed by atoms with Gasteiger partial charge in [-0.15, -0.1) is 0 Å². The molecule has 0 saturated heterocycles. The maximum absolute atomic E-state index is 13.1. The van der Waals surface area contributed by atoms with Gasteiger partial charge < -0.3 is 0 Å². The van der Waals surface area contributed by atoms with Crippen LogP contribution in [0.2, 0.25) is 0 Å². The van der Waals surface area contributed by atoms with Crippen LogP contribution in [0, 0.1) is 0 Å². The molecule has 110 valence electrons. The molecule has 0 heterocycles. The molecule has 0 spiro atoms. The first-order valence-electron chi connectivity index (χ1n) is 5.88. The maximum Gasteiger partial charge on any atom is 0.431 e. The summed E-state index contributed by atoms with van der Waals surface area (Å²) in [6.07, 6.45) is -10.5. The normalized spacial score (nSPS) is 14.0. The molecule has 0 unspecified atom stereocenters. The van der Waals surface area contributed by atoms with Gasteiger partial charge >= 0.3 is 12.4 Å². The van der Waals surface area contributed by atoms with E-state index in [1.54, 1.807) is 0 Å². The summed E-state index contributed by atoms with van der Waals surface area (Å²) in [5.41, 5.74) is -5.08. The molecule has 0 radical (unpaired) electrons. The second kappa shape index (κ2) is 6.61. The zero-order valence-corrected chi connectivity index (χ0v) is 10.1. The average molecular weight is 282 g/mol. The Labute approximate surface area is 102 Å². The first kappa shape index (κ1) is 17.5. The predicted molar refractivity (Wildman–Crippen MR) is 53.9 cm³/mol.